The van der Waals surface area contributed by atoms with Crippen LogP contribution in [0.4, 0.5) is 0 Å². The summed E-state index contributed by atoms with van der Waals surface area (Å²) in [7, 11) is 0. The van der Waals surface area contributed by atoms with Gasteiger partial charge in [0.1, 0.15) is 18.1 Å². The Kier molecular flexibility index (Phi) is 11.6. The number of rotatable bonds is 13. The van der Waals surface area contributed by atoms with Crippen molar-refractivity contribution in [2.75, 3.05) is 0 Å². The van der Waals surface area contributed by atoms with Crippen LogP contribution in [0, 0.1) is 11.8 Å². The normalized spacial score (nSPS) is 16.9. The average molecular weight is 430 g/mol. The molecule has 0 saturated carbocycles. The van der Waals surface area contributed by atoms with Crippen LogP contribution in [0.5, 0.6) is 0 Å². The summed E-state index contributed by atoms with van der Waals surface area (Å²) in [5.74, 6) is -4.50. The molecule has 0 saturated heterocycles. The molecule has 6 unspecified atom stereocenters. The third-order valence-corrected chi connectivity index (χ3v) is 5.08. The minimum Gasteiger partial charge on any atom is -0.480 e. The van der Waals surface area contributed by atoms with E-state index in [1.165, 1.54) is 6.92 Å². The van der Waals surface area contributed by atoms with Gasteiger partial charge in [0.25, 0.3) is 0 Å². The number of nitrogens with two attached hydrogens (primary N) is 2. The lowest BCUT2D eigenvalue weighted by Gasteiger charge is -2.27. The number of primary amides is 1. The first kappa shape index (κ1) is 27.3. The highest BCUT2D eigenvalue weighted by Crippen LogP contribution is 2.10. The van der Waals surface area contributed by atoms with Gasteiger partial charge in [0.05, 0.1) is 12.5 Å². The summed E-state index contributed by atoms with van der Waals surface area (Å²) in [5.41, 5.74) is 10.7. The summed E-state index contributed by atoms with van der Waals surface area (Å²) in [4.78, 5) is 59.6. The predicted octanol–water partition coefficient (Wildman–Crippen LogP) is -1.16. The molecule has 0 heterocycles. The molecule has 30 heavy (non-hydrogen) atoms. The average Bonchev–Trinajstić information content (AvgIpc) is 2.67. The van der Waals surface area contributed by atoms with Crippen LogP contribution in [0.25, 0.3) is 0 Å². The molecule has 0 bridgehead atoms. The Balaban J connectivity index is 5.17. The zero-order valence-corrected chi connectivity index (χ0v) is 18.2. The SMILES string of the molecule is CCC(C)C(NC(=O)C(C)NC(=O)C(NC(=O)C(N)CC(N)=O)C(C)CC)C(=O)O. The summed E-state index contributed by atoms with van der Waals surface area (Å²) in [6.45, 7) is 8.47. The summed E-state index contributed by atoms with van der Waals surface area (Å²) in [6, 6.07) is -4.32. The lowest BCUT2D eigenvalue weighted by molar-refractivity contribution is -0.143. The monoisotopic (exact) mass is 429 g/mol. The van der Waals surface area contributed by atoms with E-state index in [1.54, 1.807) is 20.8 Å². The van der Waals surface area contributed by atoms with Crippen LogP contribution in [-0.4, -0.2) is 58.9 Å². The highest BCUT2D eigenvalue weighted by atomic mass is 16.4. The van der Waals surface area contributed by atoms with Gasteiger partial charge in [-0.1, -0.05) is 40.5 Å². The molecular weight excluding hydrogens is 394 g/mol. The zero-order valence-electron chi connectivity index (χ0n) is 18.2. The molecule has 0 aromatic carbocycles. The number of amides is 4. The number of carbonyl (C=O) groups excluding carboxylic acids is 4. The molecule has 0 aliphatic heterocycles. The van der Waals surface area contributed by atoms with Crippen molar-refractivity contribution in [2.24, 2.45) is 23.3 Å². The van der Waals surface area contributed by atoms with E-state index in [9.17, 15) is 29.1 Å². The van der Waals surface area contributed by atoms with E-state index in [2.05, 4.69) is 16.0 Å². The molecule has 11 nitrogen and oxygen atoms in total. The Hall–Kier alpha value is -2.69. The van der Waals surface area contributed by atoms with Gasteiger partial charge in [-0.25, -0.2) is 4.79 Å². The molecule has 4 amide bonds. The lowest BCUT2D eigenvalue weighted by atomic mass is 9.97. The van der Waals surface area contributed by atoms with Gasteiger partial charge in [-0.05, 0) is 18.8 Å². The number of nitrogens with one attached hydrogen (secondary N) is 3. The van der Waals surface area contributed by atoms with Crippen molar-refractivity contribution < 1.29 is 29.1 Å². The van der Waals surface area contributed by atoms with E-state index in [1.807, 2.05) is 6.92 Å². The van der Waals surface area contributed by atoms with E-state index < -0.39 is 53.8 Å². The van der Waals surface area contributed by atoms with Gasteiger partial charge in [-0.15, -0.1) is 0 Å². The maximum absolute atomic E-state index is 12.7. The van der Waals surface area contributed by atoms with E-state index in [-0.39, 0.29) is 18.3 Å². The van der Waals surface area contributed by atoms with Crippen molar-refractivity contribution in [3.8, 4) is 0 Å². The summed E-state index contributed by atoms with van der Waals surface area (Å²) < 4.78 is 0. The van der Waals surface area contributed by atoms with E-state index in [4.69, 9.17) is 11.5 Å². The van der Waals surface area contributed by atoms with Crippen LogP contribution >= 0.6 is 0 Å². The maximum atomic E-state index is 12.7. The van der Waals surface area contributed by atoms with Gasteiger partial charge in [-0.3, -0.25) is 19.2 Å². The fourth-order valence-corrected chi connectivity index (χ4v) is 2.60. The molecule has 0 aliphatic rings. The van der Waals surface area contributed by atoms with Crippen LogP contribution in [0.15, 0.2) is 0 Å². The molecule has 11 heteroatoms. The molecule has 172 valence electrons. The van der Waals surface area contributed by atoms with Crippen LogP contribution in [0.1, 0.15) is 53.9 Å². The van der Waals surface area contributed by atoms with Crippen molar-refractivity contribution in [1.29, 1.82) is 0 Å². The number of hydrogen-bond donors (Lipinski definition) is 6. The van der Waals surface area contributed by atoms with Gasteiger partial charge in [0, 0.05) is 0 Å². The second-order valence-corrected chi connectivity index (χ2v) is 7.59. The summed E-state index contributed by atoms with van der Waals surface area (Å²) >= 11 is 0. The standard InChI is InChI=1S/C19H35N5O6/c1-6-9(3)14(23-17(27)12(20)8-13(21)25)18(28)22-11(5)16(26)24-15(19(29)30)10(4)7-2/h9-12,14-15H,6-8,20H2,1-5H3,(H2,21,25)(H,22,28)(H,23,27)(H,24,26)(H,29,30). The molecule has 0 radical (unpaired) electrons. The second kappa shape index (κ2) is 12.8. The first-order chi connectivity index (χ1) is 13.8. The quantitative estimate of drug-likeness (QED) is 0.212. The number of carboxylic acid groups (broad SMARTS) is 1. The van der Waals surface area contributed by atoms with Crippen molar-refractivity contribution in [3.05, 3.63) is 0 Å². The summed E-state index contributed by atoms with van der Waals surface area (Å²) in [6.07, 6.45) is 0.719. The highest BCUT2D eigenvalue weighted by molar-refractivity contribution is 5.95. The topological polar surface area (TPSA) is 194 Å². The zero-order chi connectivity index (χ0) is 23.6. The Labute approximate surface area is 176 Å². The fraction of sp³-hybridized carbons (Fsp3) is 0.737. The Morgan fingerprint density at radius 1 is 0.800 bits per heavy atom. The highest BCUT2D eigenvalue weighted by Gasteiger charge is 2.32. The number of aliphatic carboxylic acids is 1. The molecule has 0 aliphatic carbocycles. The van der Waals surface area contributed by atoms with Crippen molar-refractivity contribution in [3.63, 3.8) is 0 Å². The molecule has 0 aromatic heterocycles. The van der Waals surface area contributed by atoms with Crippen molar-refractivity contribution >= 4 is 29.6 Å². The second-order valence-electron chi connectivity index (χ2n) is 7.59. The van der Waals surface area contributed by atoms with Gasteiger partial charge in [0.15, 0.2) is 0 Å². The van der Waals surface area contributed by atoms with Gasteiger partial charge >= 0.3 is 5.97 Å². The third-order valence-electron chi connectivity index (χ3n) is 5.08. The smallest absolute Gasteiger partial charge is 0.326 e. The third kappa shape index (κ3) is 8.76. The van der Waals surface area contributed by atoms with E-state index >= 15 is 0 Å². The van der Waals surface area contributed by atoms with Crippen LogP contribution in [0.2, 0.25) is 0 Å². The van der Waals surface area contributed by atoms with Gasteiger partial charge < -0.3 is 32.5 Å². The Morgan fingerprint density at radius 2 is 1.27 bits per heavy atom. The Morgan fingerprint density at radius 3 is 1.70 bits per heavy atom. The van der Waals surface area contributed by atoms with Crippen LogP contribution in [-0.2, 0) is 24.0 Å². The molecule has 0 rings (SSSR count). The Bertz CT molecular complexity index is 641. The van der Waals surface area contributed by atoms with Crippen molar-refractivity contribution in [1.82, 2.24) is 16.0 Å². The molecule has 0 fully saturated rings. The molecule has 0 spiro atoms. The predicted molar refractivity (Wildman–Crippen MR) is 110 cm³/mol. The van der Waals surface area contributed by atoms with Crippen molar-refractivity contribution in [2.45, 2.75) is 78.0 Å². The molecule has 8 N–H and O–H groups in total. The molecule has 6 atom stereocenters. The first-order valence-electron chi connectivity index (χ1n) is 10.0. The molecular formula is C19H35N5O6. The minimum atomic E-state index is -1.20. The van der Waals surface area contributed by atoms with Gasteiger partial charge in [0.2, 0.25) is 23.6 Å². The number of carboxylic acids is 1. The number of carbonyl (C=O) groups is 5. The lowest BCUT2D eigenvalue weighted by Crippen LogP contribution is -2.58. The summed E-state index contributed by atoms with van der Waals surface area (Å²) in [5, 5.41) is 16.7. The fourth-order valence-electron chi connectivity index (χ4n) is 2.60. The van der Waals surface area contributed by atoms with E-state index in [0.29, 0.717) is 12.8 Å². The van der Waals surface area contributed by atoms with E-state index in [0.717, 1.165) is 0 Å². The largest absolute Gasteiger partial charge is 0.480 e. The minimum absolute atomic E-state index is 0.295. The molecule has 0 aromatic rings. The van der Waals surface area contributed by atoms with Crippen LogP contribution in [0.3, 0.4) is 0 Å². The maximum Gasteiger partial charge on any atom is 0.326 e. The van der Waals surface area contributed by atoms with Crippen LogP contribution < -0.4 is 27.4 Å². The first-order valence-corrected chi connectivity index (χ1v) is 10.0. The number of hydrogen-bond acceptors (Lipinski definition) is 6. The van der Waals surface area contributed by atoms with Gasteiger partial charge in [-0.2, -0.15) is 0 Å².